The molecule has 0 amide bonds. The minimum Gasteiger partial charge on any atom is -0.315 e. The second-order valence-electron chi connectivity index (χ2n) is 5.44. The summed E-state index contributed by atoms with van der Waals surface area (Å²) in [5.74, 6) is 0. The van der Waals surface area contributed by atoms with Gasteiger partial charge in [0.05, 0.1) is 0 Å². The first kappa shape index (κ1) is 12.9. The van der Waals surface area contributed by atoms with Crippen LogP contribution >= 0.6 is 0 Å². The van der Waals surface area contributed by atoms with E-state index in [9.17, 15) is 8.42 Å². The Kier molecular flexibility index (Phi) is 3.45. The Balaban J connectivity index is 2.64. The van der Waals surface area contributed by atoms with Crippen LogP contribution in [0.3, 0.4) is 0 Å². The molecule has 1 saturated heterocycles. The maximum Gasteiger partial charge on any atom is 0.277 e. The summed E-state index contributed by atoms with van der Waals surface area (Å²) in [7, 11) is -3.42. The first-order valence-electron chi connectivity index (χ1n) is 5.16. The van der Waals surface area contributed by atoms with Crippen molar-refractivity contribution in [2.45, 2.75) is 45.2 Å². The lowest BCUT2D eigenvalue weighted by molar-refractivity contribution is 0.428. The average molecular weight is 235 g/mol. The van der Waals surface area contributed by atoms with Gasteiger partial charge in [-0.25, -0.2) is 0 Å². The Hall–Kier alpha value is -0.170. The molecule has 0 aromatic rings. The zero-order valence-electron chi connectivity index (χ0n) is 9.85. The van der Waals surface area contributed by atoms with Crippen molar-refractivity contribution in [1.82, 2.24) is 14.8 Å². The zero-order chi connectivity index (χ0) is 11.7. The van der Waals surface area contributed by atoms with Crippen molar-refractivity contribution in [3.05, 3.63) is 0 Å². The maximum absolute atomic E-state index is 11.8. The summed E-state index contributed by atoms with van der Waals surface area (Å²) < 4.78 is 28.8. The van der Waals surface area contributed by atoms with E-state index in [0.29, 0.717) is 6.54 Å². The number of hydrogen-bond donors (Lipinski definition) is 3. The fourth-order valence-electron chi connectivity index (χ4n) is 1.66. The van der Waals surface area contributed by atoms with Gasteiger partial charge in [0, 0.05) is 17.6 Å². The van der Waals surface area contributed by atoms with E-state index in [1.807, 2.05) is 27.7 Å². The third kappa shape index (κ3) is 4.46. The van der Waals surface area contributed by atoms with Crippen molar-refractivity contribution in [1.29, 1.82) is 0 Å². The van der Waals surface area contributed by atoms with Crippen molar-refractivity contribution in [3.63, 3.8) is 0 Å². The molecule has 0 aromatic heterocycles. The van der Waals surface area contributed by atoms with Crippen LogP contribution in [-0.4, -0.2) is 32.6 Å². The number of rotatable bonds is 3. The largest absolute Gasteiger partial charge is 0.315 e. The molecule has 1 unspecified atom stereocenters. The molecule has 90 valence electrons. The Labute approximate surface area is 92.2 Å². The summed E-state index contributed by atoms with van der Waals surface area (Å²) in [5.41, 5.74) is -0.814. The Morgan fingerprint density at radius 2 is 1.93 bits per heavy atom. The second kappa shape index (κ2) is 4.01. The zero-order valence-corrected chi connectivity index (χ0v) is 10.7. The van der Waals surface area contributed by atoms with Crippen LogP contribution in [0.4, 0.5) is 0 Å². The lowest BCUT2D eigenvalue weighted by Crippen LogP contribution is -2.55. The van der Waals surface area contributed by atoms with Gasteiger partial charge in [-0.15, -0.1) is 0 Å². The third-order valence-corrected chi connectivity index (χ3v) is 3.83. The minimum atomic E-state index is -3.42. The molecule has 1 heterocycles. The predicted molar refractivity (Wildman–Crippen MR) is 60.8 cm³/mol. The first-order chi connectivity index (χ1) is 6.62. The third-order valence-electron chi connectivity index (χ3n) is 2.19. The van der Waals surface area contributed by atoms with E-state index in [1.165, 1.54) is 0 Å². The van der Waals surface area contributed by atoms with E-state index in [4.69, 9.17) is 0 Å². The highest BCUT2D eigenvalue weighted by atomic mass is 32.2. The molecule has 1 aliphatic rings. The molecular formula is C9H21N3O2S. The summed E-state index contributed by atoms with van der Waals surface area (Å²) in [5, 5.41) is 3.14. The fraction of sp³-hybridized carbons (Fsp3) is 1.00. The van der Waals surface area contributed by atoms with Crippen LogP contribution in [0.5, 0.6) is 0 Å². The molecule has 5 nitrogen and oxygen atoms in total. The predicted octanol–water partition coefficient (Wildman–Crippen LogP) is -0.0391. The van der Waals surface area contributed by atoms with Crippen LogP contribution in [-0.2, 0) is 10.2 Å². The Morgan fingerprint density at radius 1 is 1.33 bits per heavy atom. The number of nitrogens with one attached hydrogen (secondary N) is 3. The normalized spacial score (nSPS) is 28.3. The summed E-state index contributed by atoms with van der Waals surface area (Å²) in [4.78, 5) is 0. The molecule has 15 heavy (non-hydrogen) atoms. The van der Waals surface area contributed by atoms with Crippen LogP contribution in [0.2, 0.25) is 0 Å². The van der Waals surface area contributed by atoms with Gasteiger partial charge < -0.3 is 5.32 Å². The number of hydrogen-bond acceptors (Lipinski definition) is 3. The van der Waals surface area contributed by atoms with Gasteiger partial charge in [-0.2, -0.15) is 17.9 Å². The SMILES string of the molecule is CC(C)(C)NS(=O)(=O)NC1(C)CCNC1. The summed E-state index contributed by atoms with van der Waals surface area (Å²) in [6, 6.07) is 0. The second-order valence-corrected chi connectivity index (χ2v) is 6.86. The highest BCUT2D eigenvalue weighted by molar-refractivity contribution is 7.87. The van der Waals surface area contributed by atoms with E-state index < -0.39 is 15.7 Å². The van der Waals surface area contributed by atoms with Crippen LogP contribution in [0.1, 0.15) is 34.1 Å². The van der Waals surface area contributed by atoms with E-state index in [-0.39, 0.29) is 5.54 Å². The van der Waals surface area contributed by atoms with Gasteiger partial charge >= 0.3 is 0 Å². The topological polar surface area (TPSA) is 70.2 Å². The van der Waals surface area contributed by atoms with Gasteiger partial charge in [0.15, 0.2) is 0 Å². The van der Waals surface area contributed by atoms with Gasteiger partial charge in [-0.1, -0.05) is 0 Å². The van der Waals surface area contributed by atoms with Gasteiger partial charge in [0.2, 0.25) is 0 Å². The molecule has 1 aliphatic heterocycles. The fourth-order valence-corrected chi connectivity index (χ4v) is 3.34. The maximum atomic E-state index is 11.8. The quantitative estimate of drug-likeness (QED) is 0.643. The lowest BCUT2D eigenvalue weighted by atomic mass is 10.0. The standard InChI is InChI=1S/C9H21N3O2S/c1-8(2,3)11-15(13,14)12-9(4)5-6-10-7-9/h10-12H,5-7H2,1-4H3. The van der Waals surface area contributed by atoms with Crippen molar-refractivity contribution in [2.75, 3.05) is 13.1 Å². The van der Waals surface area contributed by atoms with Crippen LogP contribution in [0, 0.1) is 0 Å². The van der Waals surface area contributed by atoms with E-state index in [1.54, 1.807) is 0 Å². The highest BCUT2D eigenvalue weighted by Crippen LogP contribution is 2.14. The summed E-state index contributed by atoms with van der Waals surface area (Å²) in [6.45, 7) is 8.91. The molecule has 0 saturated carbocycles. The lowest BCUT2D eigenvalue weighted by Gasteiger charge is -2.27. The smallest absolute Gasteiger partial charge is 0.277 e. The van der Waals surface area contributed by atoms with Crippen molar-refractivity contribution in [2.24, 2.45) is 0 Å². The van der Waals surface area contributed by atoms with E-state index in [2.05, 4.69) is 14.8 Å². The van der Waals surface area contributed by atoms with Crippen molar-refractivity contribution < 1.29 is 8.42 Å². The van der Waals surface area contributed by atoms with Gasteiger partial charge in [0.25, 0.3) is 10.2 Å². The molecule has 0 spiro atoms. The molecule has 6 heteroatoms. The molecule has 0 aliphatic carbocycles. The highest BCUT2D eigenvalue weighted by Gasteiger charge is 2.34. The van der Waals surface area contributed by atoms with Crippen molar-refractivity contribution >= 4 is 10.2 Å². The average Bonchev–Trinajstić information content (AvgIpc) is 2.27. The minimum absolute atomic E-state index is 0.364. The molecule has 0 radical (unpaired) electrons. The van der Waals surface area contributed by atoms with Gasteiger partial charge in [0.1, 0.15) is 0 Å². The molecule has 3 N–H and O–H groups in total. The van der Waals surface area contributed by atoms with E-state index in [0.717, 1.165) is 13.0 Å². The van der Waals surface area contributed by atoms with Crippen LogP contribution < -0.4 is 14.8 Å². The Bertz CT molecular complexity index is 313. The molecular weight excluding hydrogens is 214 g/mol. The molecule has 1 fully saturated rings. The molecule has 1 atom stereocenters. The molecule has 0 aromatic carbocycles. The van der Waals surface area contributed by atoms with Crippen LogP contribution in [0.15, 0.2) is 0 Å². The van der Waals surface area contributed by atoms with E-state index >= 15 is 0 Å². The first-order valence-corrected chi connectivity index (χ1v) is 6.64. The Morgan fingerprint density at radius 3 is 2.33 bits per heavy atom. The summed E-state index contributed by atoms with van der Waals surface area (Å²) >= 11 is 0. The summed E-state index contributed by atoms with van der Waals surface area (Å²) in [6.07, 6.45) is 0.818. The van der Waals surface area contributed by atoms with Crippen LogP contribution in [0.25, 0.3) is 0 Å². The monoisotopic (exact) mass is 235 g/mol. The van der Waals surface area contributed by atoms with Gasteiger partial charge in [-0.3, -0.25) is 0 Å². The molecule has 1 rings (SSSR count). The van der Waals surface area contributed by atoms with Crippen molar-refractivity contribution in [3.8, 4) is 0 Å². The molecule has 0 bridgehead atoms. The van der Waals surface area contributed by atoms with Gasteiger partial charge in [-0.05, 0) is 40.7 Å².